The molecule has 0 spiro atoms. The van der Waals surface area contributed by atoms with Crippen molar-refractivity contribution < 1.29 is 12.8 Å². The summed E-state index contributed by atoms with van der Waals surface area (Å²) in [5, 5.41) is 8.73. The normalized spacial score (nSPS) is 16.3. The third-order valence-electron chi connectivity index (χ3n) is 4.90. The van der Waals surface area contributed by atoms with Crippen LogP contribution >= 0.6 is 23.6 Å². The largest absolute Gasteiger partial charge is 0.414 e. The molecule has 0 radical (unpaired) electrons. The third-order valence-corrected chi connectivity index (χ3v) is 7.59. The van der Waals surface area contributed by atoms with Crippen LogP contribution in [0.3, 0.4) is 0 Å². The fourth-order valence-corrected chi connectivity index (χ4v) is 5.26. The van der Waals surface area contributed by atoms with Crippen LogP contribution in [0.1, 0.15) is 22.2 Å². The maximum absolute atomic E-state index is 12.6. The number of aromatic nitrogens is 3. The van der Waals surface area contributed by atoms with Crippen LogP contribution in [0.15, 0.2) is 45.5 Å². The van der Waals surface area contributed by atoms with Gasteiger partial charge in [-0.3, -0.25) is 4.90 Å². The Labute approximate surface area is 190 Å². The van der Waals surface area contributed by atoms with Crippen molar-refractivity contribution in [1.82, 2.24) is 24.0 Å². The van der Waals surface area contributed by atoms with Crippen LogP contribution in [-0.2, 0) is 23.1 Å². The van der Waals surface area contributed by atoms with E-state index in [0.29, 0.717) is 50.0 Å². The van der Waals surface area contributed by atoms with Gasteiger partial charge in [-0.05, 0) is 30.8 Å². The van der Waals surface area contributed by atoms with Gasteiger partial charge in [0.2, 0.25) is 15.9 Å². The van der Waals surface area contributed by atoms with Gasteiger partial charge in [-0.2, -0.15) is 4.31 Å². The Kier molecular flexibility index (Phi) is 6.77. The van der Waals surface area contributed by atoms with Crippen molar-refractivity contribution >= 4 is 39.7 Å². The Balaban J connectivity index is 1.33. The Morgan fingerprint density at radius 2 is 1.94 bits per heavy atom. The average Bonchev–Trinajstić information content (AvgIpc) is 3.32. The Bertz CT molecular complexity index is 1210. The molecule has 11 heteroatoms. The van der Waals surface area contributed by atoms with Crippen LogP contribution in [0.25, 0.3) is 6.08 Å². The van der Waals surface area contributed by atoms with Crippen LogP contribution in [0, 0.1) is 11.8 Å². The number of rotatable bonds is 7. The molecule has 8 nitrogen and oxygen atoms in total. The first-order valence-corrected chi connectivity index (χ1v) is 12.6. The van der Waals surface area contributed by atoms with Crippen molar-refractivity contribution in [2.45, 2.75) is 20.0 Å². The molecular formula is C20H23N5O3S3. The summed E-state index contributed by atoms with van der Waals surface area (Å²) >= 11 is 6.89. The smallest absolute Gasteiger partial charge is 0.288 e. The van der Waals surface area contributed by atoms with Crippen molar-refractivity contribution in [1.29, 1.82) is 0 Å². The number of nitrogens with zero attached hydrogens (tertiary/aromatic N) is 5. The number of hydrogen-bond donors (Lipinski definition) is 0. The van der Waals surface area contributed by atoms with Gasteiger partial charge in [-0.15, -0.1) is 16.4 Å². The molecular weight excluding hydrogens is 454 g/mol. The van der Waals surface area contributed by atoms with E-state index in [0.717, 1.165) is 16.3 Å². The quantitative estimate of drug-likeness (QED) is 0.483. The van der Waals surface area contributed by atoms with E-state index in [2.05, 4.69) is 15.0 Å². The second-order valence-corrected chi connectivity index (χ2v) is 10.4. The van der Waals surface area contributed by atoms with Crippen molar-refractivity contribution in [3.8, 4) is 0 Å². The van der Waals surface area contributed by atoms with E-state index in [1.165, 1.54) is 9.71 Å². The highest BCUT2D eigenvalue weighted by Gasteiger charge is 2.25. The van der Waals surface area contributed by atoms with Gasteiger partial charge in [-0.25, -0.2) is 18.1 Å². The van der Waals surface area contributed by atoms with E-state index in [9.17, 15) is 8.42 Å². The number of piperazine rings is 1. The molecule has 3 heterocycles. The van der Waals surface area contributed by atoms with Gasteiger partial charge in [0.05, 0.1) is 23.8 Å². The van der Waals surface area contributed by atoms with Crippen LogP contribution in [-0.4, -0.2) is 58.6 Å². The van der Waals surface area contributed by atoms with Crippen molar-refractivity contribution in [3.05, 3.63) is 68.1 Å². The Morgan fingerprint density at radius 3 is 2.61 bits per heavy atom. The fraction of sp³-hybridized carbons (Fsp3) is 0.350. The summed E-state index contributed by atoms with van der Waals surface area (Å²) in [4.78, 5) is 6.84. The Morgan fingerprint density at radius 1 is 1.19 bits per heavy atom. The summed E-state index contributed by atoms with van der Waals surface area (Å²) in [5.74, 6) is 0.530. The molecule has 31 heavy (non-hydrogen) atoms. The Hall–Kier alpha value is -2.18. The molecule has 1 aromatic carbocycles. The lowest BCUT2D eigenvalue weighted by atomic mass is 10.2. The van der Waals surface area contributed by atoms with E-state index >= 15 is 0 Å². The van der Waals surface area contributed by atoms with Crippen molar-refractivity contribution in [3.63, 3.8) is 0 Å². The molecule has 0 bridgehead atoms. The molecule has 0 N–H and O–H groups in total. The lowest BCUT2D eigenvalue weighted by Gasteiger charge is -2.32. The minimum Gasteiger partial charge on any atom is -0.414 e. The summed E-state index contributed by atoms with van der Waals surface area (Å²) < 4.78 is 34.0. The lowest BCUT2D eigenvalue weighted by Crippen LogP contribution is -2.48. The molecule has 0 unspecified atom stereocenters. The highest BCUT2D eigenvalue weighted by molar-refractivity contribution is 7.92. The minimum atomic E-state index is -3.46. The molecule has 2 aromatic heterocycles. The SMILES string of the molecule is Cc1nc(Cc2nn(CN3CCN(S(=O)(=O)C=Cc4ccccc4)CC3)c(=S)o2)cs1. The van der Waals surface area contributed by atoms with Crippen LogP contribution in [0.5, 0.6) is 0 Å². The van der Waals surface area contributed by atoms with Gasteiger partial charge >= 0.3 is 0 Å². The molecule has 0 amide bonds. The molecule has 1 aliphatic rings. The van der Waals surface area contributed by atoms with E-state index in [1.54, 1.807) is 22.1 Å². The van der Waals surface area contributed by atoms with Gasteiger partial charge in [0, 0.05) is 37.0 Å². The number of benzene rings is 1. The minimum absolute atomic E-state index is 0.308. The number of hydrogen-bond acceptors (Lipinski definition) is 8. The molecule has 4 rings (SSSR count). The maximum atomic E-state index is 12.6. The predicted octanol–water partition coefficient (Wildman–Crippen LogP) is 3.14. The highest BCUT2D eigenvalue weighted by atomic mass is 32.2. The summed E-state index contributed by atoms with van der Waals surface area (Å²) in [7, 11) is -3.46. The zero-order chi connectivity index (χ0) is 21.8. The predicted molar refractivity (Wildman–Crippen MR) is 123 cm³/mol. The topological polar surface area (TPSA) is 84.5 Å². The van der Waals surface area contributed by atoms with Crippen LogP contribution < -0.4 is 0 Å². The van der Waals surface area contributed by atoms with E-state index in [4.69, 9.17) is 16.6 Å². The number of aryl methyl sites for hydroxylation is 1. The van der Waals surface area contributed by atoms with E-state index in [1.807, 2.05) is 42.6 Å². The van der Waals surface area contributed by atoms with Gasteiger partial charge < -0.3 is 4.42 Å². The molecule has 0 aliphatic carbocycles. The monoisotopic (exact) mass is 477 g/mol. The first kappa shape index (κ1) is 22.0. The van der Waals surface area contributed by atoms with Gasteiger partial charge in [-0.1, -0.05) is 30.3 Å². The summed E-state index contributed by atoms with van der Waals surface area (Å²) in [6.45, 7) is 4.43. The first-order valence-electron chi connectivity index (χ1n) is 9.82. The fourth-order valence-electron chi connectivity index (χ4n) is 3.28. The average molecular weight is 478 g/mol. The zero-order valence-corrected chi connectivity index (χ0v) is 19.5. The van der Waals surface area contributed by atoms with Gasteiger partial charge in [0.25, 0.3) is 4.84 Å². The van der Waals surface area contributed by atoms with E-state index < -0.39 is 10.0 Å². The van der Waals surface area contributed by atoms with Crippen molar-refractivity contribution in [2.24, 2.45) is 0 Å². The maximum Gasteiger partial charge on any atom is 0.288 e. The third kappa shape index (κ3) is 5.74. The highest BCUT2D eigenvalue weighted by Crippen LogP contribution is 2.15. The van der Waals surface area contributed by atoms with Crippen LogP contribution in [0.4, 0.5) is 0 Å². The first-order chi connectivity index (χ1) is 14.9. The molecule has 164 valence electrons. The zero-order valence-electron chi connectivity index (χ0n) is 17.0. The molecule has 0 saturated carbocycles. The summed E-state index contributed by atoms with van der Waals surface area (Å²) in [6.07, 6.45) is 2.13. The summed E-state index contributed by atoms with van der Waals surface area (Å²) in [5.41, 5.74) is 1.77. The van der Waals surface area contributed by atoms with Crippen LogP contribution in [0.2, 0.25) is 0 Å². The molecule has 0 atom stereocenters. The lowest BCUT2D eigenvalue weighted by molar-refractivity contribution is 0.144. The van der Waals surface area contributed by atoms with E-state index in [-0.39, 0.29) is 0 Å². The molecule has 3 aromatic rings. The molecule has 1 aliphatic heterocycles. The molecule has 1 fully saturated rings. The second-order valence-electron chi connectivity index (χ2n) is 7.21. The van der Waals surface area contributed by atoms with Gasteiger partial charge in [0.1, 0.15) is 0 Å². The summed E-state index contributed by atoms with van der Waals surface area (Å²) in [6, 6.07) is 9.40. The van der Waals surface area contributed by atoms with Gasteiger partial charge in [0.15, 0.2) is 0 Å². The molecule has 1 saturated heterocycles. The number of sulfonamides is 1. The second kappa shape index (κ2) is 9.53. The van der Waals surface area contributed by atoms with Crippen molar-refractivity contribution in [2.75, 3.05) is 26.2 Å². The standard InChI is InChI=1S/C20H23N5O3S3/c1-16-21-18(14-30-16)13-19-22-25(20(29)28-19)15-23-8-10-24(11-9-23)31(26,27)12-7-17-5-3-2-4-6-17/h2-7,12,14H,8-11,13,15H2,1H3. The number of thiazole rings is 1.